The lowest BCUT2D eigenvalue weighted by molar-refractivity contribution is 0.342. The van der Waals surface area contributed by atoms with E-state index in [-0.39, 0.29) is 5.41 Å². The molecule has 3 unspecified atom stereocenters. The van der Waals surface area contributed by atoms with Gasteiger partial charge < -0.3 is 15.5 Å². The molecule has 0 fully saturated rings. The summed E-state index contributed by atoms with van der Waals surface area (Å²) in [6, 6.07) is 15.4. The lowest BCUT2D eigenvalue weighted by Gasteiger charge is -2.48. The van der Waals surface area contributed by atoms with Crippen molar-refractivity contribution in [1.29, 1.82) is 0 Å². The van der Waals surface area contributed by atoms with E-state index in [4.69, 9.17) is 0 Å². The van der Waals surface area contributed by atoms with Crippen molar-refractivity contribution in [3.05, 3.63) is 48.0 Å². The van der Waals surface area contributed by atoms with Crippen LogP contribution >= 0.6 is 0 Å². The molecule has 3 atom stereocenters. The maximum absolute atomic E-state index is 4.59. The highest BCUT2D eigenvalue weighted by molar-refractivity contribution is 6.12. The second-order valence-electron chi connectivity index (χ2n) is 7.27. The molecule has 0 saturated heterocycles. The first-order valence-electron chi connectivity index (χ1n) is 8.97. The Hall–Kier alpha value is -2.49. The molecule has 0 saturated carbocycles. The van der Waals surface area contributed by atoms with Crippen molar-refractivity contribution in [3.63, 3.8) is 0 Å². The SMILES string of the molecule is C/N=C1/Nc2cccc3c2C1(C)C(C)C(C)N3c1ccccc1NC. The summed E-state index contributed by atoms with van der Waals surface area (Å²) in [4.78, 5) is 7.08. The molecule has 2 aromatic rings. The van der Waals surface area contributed by atoms with Gasteiger partial charge in [-0.2, -0.15) is 0 Å². The van der Waals surface area contributed by atoms with Crippen molar-refractivity contribution in [2.24, 2.45) is 10.9 Å². The highest BCUT2D eigenvalue weighted by Gasteiger charge is 2.53. The predicted octanol–water partition coefficient (Wildman–Crippen LogP) is 4.62. The van der Waals surface area contributed by atoms with Crippen LogP contribution in [0.25, 0.3) is 0 Å². The molecule has 0 aliphatic carbocycles. The molecule has 4 heteroatoms. The molecule has 0 spiro atoms. The van der Waals surface area contributed by atoms with E-state index in [1.54, 1.807) is 0 Å². The highest BCUT2D eigenvalue weighted by atomic mass is 15.2. The van der Waals surface area contributed by atoms with Gasteiger partial charge in [0.2, 0.25) is 0 Å². The Bertz CT molecular complexity index is 857. The maximum Gasteiger partial charge on any atom is 0.111 e. The molecule has 2 heterocycles. The van der Waals surface area contributed by atoms with E-state index in [2.05, 4.69) is 83.8 Å². The van der Waals surface area contributed by atoms with E-state index in [0.717, 1.165) is 11.5 Å². The van der Waals surface area contributed by atoms with Gasteiger partial charge in [-0.1, -0.05) is 25.1 Å². The summed E-state index contributed by atoms with van der Waals surface area (Å²) in [5.41, 5.74) is 6.13. The summed E-state index contributed by atoms with van der Waals surface area (Å²) in [5.74, 6) is 1.50. The summed E-state index contributed by atoms with van der Waals surface area (Å²) in [6.07, 6.45) is 0. The number of benzene rings is 2. The summed E-state index contributed by atoms with van der Waals surface area (Å²) in [7, 11) is 3.87. The number of amidine groups is 1. The van der Waals surface area contributed by atoms with E-state index in [1.165, 1.54) is 22.6 Å². The van der Waals surface area contributed by atoms with Crippen LogP contribution in [-0.4, -0.2) is 26.0 Å². The Labute approximate surface area is 150 Å². The van der Waals surface area contributed by atoms with Crippen molar-refractivity contribution in [1.82, 2.24) is 0 Å². The molecule has 25 heavy (non-hydrogen) atoms. The fourth-order valence-electron chi connectivity index (χ4n) is 4.67. The molecule has 0 radical (unpaired) electrons. The molecule has 4 nitrogen and oxygen atoms in total. The molecular formula is C21H26N4. The molecule has 0 aromatic heterocycles. The molecular weight excluding hydrogens is 308 g/mol. The minimum atomic E-state index is -0.0782. The van der Waals surface area contributed by atoms with Crippen molar-refractivity contribution < 1.29 is 0 Å². The lowest BCUT2D eigenvalue weighted by atomic mass is 9.66. The fourth-order valence-corrected chi connectivity index (χ4v) is 4.67. The molecule has 0 amide bonds. The third kappa shape index (κ3) is 1.97. The number of anilines is 4. The summed E-state index contributed by atoms with van der Waals surface area (Å²) >= 11 is 0. The number of nitrogens with zero attached hydrogens (tertiary/aromatic N) is 2. The van der Waals surface area contributed by atoms with Crippen molar-refractivity contribution in [3.8, 4) is 0 Å². The number of para-hydroxylation sites is 2. The number of hydrogen-bond donors (Lipinski definition) is 2. The van der Waals surface area contributed by atoms with Gasteiger partial charge in [0.1, 0.15) is 5.84 Å². The van der Waals surface area contributed by atoms with Crippen molar-refractivity contribution in [2.75, 3.05) is 29.6 Å². The summed E-state index contributed by atoms with van der Waals surface area (Å²) < 4.78 is 0. The number of aliphatic imine (C=N–C) groups is 1. The first-order valence-corrected chi connectivity index (χ1v) is 8.97. The van der Waals surface area contributed by atoms with Crippen LogP contribution in [0.15, 0.2) is 47.5 Å². The Kier molecular flexibility index (Phi) is 3.53. The molecule has 4 rings (SSSR count). The molecule has 2 aliphatic heterocycles. The van der Waals surface area contributed by atoms with Crippen LogP contribution in [0, 0.1) is 5.92 Å². The van der Waals surface area contributed by atoms with Crippen molar-refractivity contribution in [2.45, 2.75) is 32.2 Å². The van der Waals surface area contributed by atoms with Crippen molar-refractivity contribution >= 4 is 28.6 Å². The normalized spacial score (nSPS) is 28.7. The van der Waals surface area contributed by atoms with Gasteiger partial charge in [0.05, 0.1) is 16.8 Å². The fraction of sp³-hybridized carbons (Fsp3) is 0.381. The van der Waals surface area contributed by atoms with Crippen LogP contribution < -0.4 is 15.5 Å². The van der Waals surface area contributed by atoms with E-state index >= 15 is 0 Å². The van der Waals surface area contributed by atoms with Crippen LogP contribution in [0.1, 0.15) is 26.3 Å². The number of rotatable bonds is 2. The second-order valence-corrected chi connectivity index (χ2v) is 7.27. The lowest BCUT2D eigenvalue weighted by Crippen LogP contribution is -2.52. The van der Waals surface area contributed by atoms with Gasteiger partial charge in [-0.25, -0.2) is 0 Å². The van der Waals surface area contributed by atoms with Gasteiger partial charge in [0, 0.05) is 37.1 Å². The van der Waals surface area contributed by atoms with Crippen LogP contribution in [0.3, 0.4) is 0 Å². The Morgan fingerprint density at radius 2 is 1.80 bits per heavy atom. The summed E-state index contributed by atoms with van der Waals surface area (Å²) in [6.45, 7) is 7.00. The zero-order valence-corrected chi connectivity index (χ0v) is 15.6. The third-order valence-corrected chi connectivity index (χ3v) is 6.26. The van der Waals surface area contributed by atoms with Crippen LogP contribution in [0.2, 0.25) is 0 Å². The molecule has 0 bridgehead atoms. The van der Waals surface area contributed by atoms with Gasteiger partial charge >= 0.3 is 0 Å². The average Bonchev–Trinajstić information content (AvgIpc) is 2.95. The molecule has 130 valence electrons. The number of nitrogens with one attached hydrogen (secondary N) is 2. The monoisotopic (exact) mass is 334 g/mol. The van der Waals surface area contributed by atoms with E-state index < -0.39 is 0 Å². The third-order valence-electron chi connectivity index (χ3n) is 6.26. The molecule has 2 N–H and O–H groups in total. The van der Waals surface area contributed by atoms with Gasteiger partial charge in [-0.3, -0.25) is 4.99 Å². The first kappa shape index (κ1) is 16.0. The zero-order valence-electron chi connectivity index (χ0n) is 15.6. The smallest absolute Gasteiger partial charge is 0.111 e. The minimum Gasteiger partial charge on any atom is -0.386 e. The van der Waals surface area contributed by atoms with Crippen LogP contribution in [0.4, 0.5) is 22.7 Å². The quantitative estimate of drug-likeness (QED) is 0.842. The Balaban J connectivity index is 2.00. The topological polar surface area (TPSA) is 39.7 Å². The predicted molar refractivity (Wildman–Crippen MR) is 108 cm³/mol. The Morgan fingerprint density at radius 1 is 1.08 bits per heavy atom. The van der Waals surface area contributed by atoms with Gasteiger partial charge in [0.25, 0.3) is 0 Å². The second kappa shape index (κ2) is 5.51. The highest BCUT2D eigenvalue weighted by Crippen LogP contribution is 2.55. The standard InChI is InChI=1S/C21H26N4/c1-13-14(2)25(17-11-7-6-9-15(17)22-4)18-12-8-10-16-19(18)21(13,3)20(23-5)24-16/h6-14,22H,1-5H3,(H,23,24). The van der Waals surface area contributed by atoms with Gasteiger partial charge in [0.15, 0.2) is 0 Å². The average molecular weight is 334 g/mol. The minimum absolute atomic E-state index is 0.0782. The molecule has 2 aromatic carbocycles. The van der Waals surface area contributed by atoms with Gasteiger partial charge in [-0.15, -0.1) is 0 Å². The van der Waals surface area contributed by atoms with E-state index in [1.807, 2.05) is 14.1 Å². The largest absolute Gasteiger partial charge is 0.386 e. The first-order chi connectivity index (χ1) is 12.0. The number of hydrogen-bond acceptors (Lipinski definition) is 3. The zero-order chi connectivity index (χ0) is 17.8. The maximum atomic E-state index is 4.59. The van der Waals surface area contributed by atoms with E-state index in [0.29, 0.717) is 12.0 Å². The summed E-state index contributed by atoms with van der Waals surface area (Å²) in [5, 5.41) is 6.91. The van der Waals surface area contributed by atoms with Crippen LogP contribution in [0.5, 0.6) is 0 Å². The molecule has 2 aliphatic rings. The van der Waals surface area contributed by atoms with E-state index in [9.17, 15) is 0 Å². The van der Waals surface area contributed by atoms with Gasteiger partial charge in [-0.05, 0) is 44.0 Å². The van der Waals surface area contributed by atoms with Crippen LogP contribution in [-0.2, 0) is 5.41 Å². The Morgan fingerprint density at radius 3 is 2.52 bits per heavy atom.